The monoisotopic (exact) mass is 282 g/mol. The Hall–Kier alpha value is -0.940. The maximum Gasteiger partial charge on any atom is 0.138 e. The van der Waals surface area contributed by atoms with Crippen LogP contribution in [0.2, 0.25) is 0 Å². The summed E-state index contributed by atoms with van der Waals surface area (Å²) in [6.07, 6.45) is 4.94. The molecule has 1 aromatic heterocycles. The molecule has 0 bridgehead atoms. The highest BCUT2D eigenvalue weighted by Crippen LogP contribution is 2.14. The van der Waals surface area contributed by atoms with E-state index in [0.29, 0.717) is 12.1 Å². The summed E-state index contributed by atoms with van der Waals surface area (Å²) in [7, 11) is 0. The SMILES string of the molecule is CCCC(OCC)C(Cc1ncnn1C(C)C)NCC. The van der Waals surface area contributed by atoms with E-state index in [1.165, 1.54) is 0 Å². The average Bonchev–Trinajstić information content (AvgIpc) is 2.86. The lowest BCUT2D eigenvalue weighted by Crippen LogP contribution is -2.43. The van der Waals surface area contributed by atoms with Crippen LogP contribution in [0.15, 0.2) is 6.33 Å². The molecule has 1 rings (SSSR count). The van der Waals surface area contributed by atoms with Crippen LogP contribution in [0, 0.1) is 0 Å². The number of hydrogen-bond acceptors (Lipinski definition) is 4. The van der Waals surface area contributed by atoms with Crippen molar-refractivity contribution in [2.75, 3.05) is 13.2 Å². The molecule has 0 spiro atoms. The number of likely N-dealkylation sites (N-methyl/N-ethyl adjacent to an activating group) is 1. The van der Waals surface area contributed by atoms with Crippen molar-refractivity contribution in [3.63, 3.8) is 0 Å². The largest absolute Gasteiger partial charge is 0.377 e. The number of aromatic nitrogens is 3. The van der Waals surface area contributed by atoms with Crippen molar-refractivity contribution in [1.29, 1.82) is 0 Å². The van der Waals surface area contributed by atoms with Crippen LogP contribution in [0.5, 0.6) is 0 Å². The summed E-state index contributed by atoms with van der Waals surface area (Å²) in [4.78, 5) is 4.42. The second-order valence-electron chi connectivity index (χ2n) is 5.37. The first kappa shape index (κ1) is 17.1. The van der Waals surface area contributed by atoms with Crippen molar-refractivity contribution in [3.05, 3.63) is 12.2 Å². The highest BCUT2D eigenvalue weighted by atomic mass is 16.5. The zero-order valence-electron chi connectivity index (χ0n) is 13.6. The van der Waals surface area contributed by atoms with E-state index in [4.69, 9.17) is 4.74 Å². The van der Waals surface area contributed by atoms with Crippen molar-refractivity contribution in [3.8, 4) is 0 Å². The molecule has 1 N–H and O–H groups in total. The van der Waals surface area contributed by atoms with Gasteiger partial charge in [0.05, 0.1) is 6.10 Å². The van der Waals surface area contributed by atoms with Gasteiger partial charge in [-0.1, -0.05) is 20.3 Å². The van der Waals surface area contributed by atoms with E-state index < -0.39 is 0 Å². The van der Waals surface area contributed by atoms with Gasteiger partial charge in [0.2, 0.25) is 0 Å². The van der Waals surface area contributed by atoms with E-state index in [9.17, 15) is 0 Å². The number of nitrogens with zero attached hydrogens (tertiary/aromatic N) is 3. The van der Waals surface area contributed by atoms with Crippen molar-refractivity contribution >= 4 is 0 Å². The van der Waals surface area contributed by atoms with Gasteiger partial charge >= 0.3 is 0 Å². The first-order valence-electron chi connectivity index (χ1n) is 7.87. The molecule has 0 aromatic carbocycles. The Morgan fingerprint density at radius 3 is 2.60 bits per heavy atom. The van der Waals surface area contributed by atoms with Crippen LogP contribution < -0.4 is 5.32 Å². The average molecular weight is 282 g/mol. The molecule has 0 saturated carbocycles. The minimum absolute atomic E-state index is 0.238. The molecule has 0 aliphatic carbocycles. The van der Waals surface area contributed by atoms with E-state index in [1.54, 1.807) is 6.33 Å². The number of ether oxygens (including phenoxy) is 1. The van der Waals surface area contributed by atoms with E-state index in [0.717, 1.165) is 38.2 Å². The lowest BCUT2D eigenvalue weighted by molar-refractivity contribution is 0.0277. The van der Waals surface area contributed by atoms with Gasteiger partial charge < -0.3 is 10.1 Å². The summed E-state index contributed by atoms with van der Waals surface area (Å²) in [6.45, 7) is 12.3. The van der Waals surface area contributed by atoms with Gasteiger partial charge in [-0.05, 0) is 33.7 Å². The molecule has 0 saturated heterocycles. The highest BCUT2D eigenvalue weighted by molar-refractivity contribution is 4.94. The Labute approximate surface area is 123 Å². The quantitative estimate of drug-likeness (QED) is 0.716. The van der Waals surface area contributed by atoms with Crippen LogP contribution in [0.3, 0.4) is 0 Å². The van der Waals surface area contributed by atoms with E-state index in [1.807, 2.05) is 4.68 Å². The molecule has 5 heteroatoms. The summed E-state index contributed by atoms with van der Waals surface area (Å²) in [5.74, 6) is 1.03. The summed E-state index contributed by atoms with van der Waals surface area (Å²) >= 11 is 0. The van der Waals surface area contributed by atoms with Crippen LogP contribution in [0.4, 0.5) is 0 Å². The van der Waals surface area contributed by atoms with Crippen molar-refractivity contribution < 1.29 is 4.74 Å². The minimum Gasteiger partial charge on any atom is -0.377 e. The summed E-state index contributed by atoms with van der Waals surface area (Å²) < 4.78 is 7.93. The minimum atomic E-state index is 0.238. The summed E-state index contributed by atoms with van der Waals surface area (Å²) in [6, 6.07) is 0.632. The van der Waals surface area contributed by atoms with Crippen molar-refractivity contribution in [1.82, 2.24) is 20.1 Å². The predicted octanol–water partition coefficient (Wildman–Crippen LogP) is 2.58. The Balaban J connectivity index is 2.81. The second-order valence-corrected chi connectivity index (χ2v) is 5.37. The highest BCUT2D eigenvalue weighted by Gasteiger charge is 2.23. The standard InChI is InChI=1S/C15H30N4O/c1-6-9-14(20-8-3)13(16-7-2)10-15-17-11-18-19(15)12(4)5/h11-14,16H,6-10H2,1-5H3. The Morgan fingerprint density at radius 2 is 2.05 bits per heavy atom. The van der Waals surface area contributed by atoms with Crippen LogP contribution in [0.25, 0.3) is 0 Å². The molecule has 0 amide bonds. The molecule has 116 valence electrons. The van der Waals surface area contributed by atoms with Gasteiger partial charge in [-0.3, -0.25) is 0 Å². The fourth-order valence-electron chi connectivity index (χ4n) is 2.54. The molecule has 0 fully saturated rings. The fourth-order valence-corrected chi connectivity index (χ4v) is 2.54. The van der Waals surface area contributed by atoms with Crippen LogP contribution >= 0.6 is 0 Å². The van der Waals surface area contributed by atoms with Crippen molar-refractivity contribution in [2.24, 2.45) is 0 Å². The lowest BCUT2D eigenvalue weighted by atomic mass is 10.0. The first-order valence-corrected chi connectivity index (χ1v) is 7.87. The van der Waals surface area contributed by atoms with Crippen LogP contribution in [-0.4, -0.2) is 40.1 Å². The molecule has 0 aliphatic rings. The van der Waals surface area contributed by atoms with Gasteiger partial charge in [0.25, 0.3) is 0 Å². The molecule has 2 unspecified atom stereocenters. The Kier molecular flexibility index (Phi) is 7.77. The lowest BCUT2D eigenvalue weighted by Gasteiger charge is -2.27. The third kappa shape index (κ3) is 4.87. The molecule has 20 heavy (non-hydrogen) atoms. The normalized spacial score (nSPS) is 14.7. The Morgan fingerprint density at radius 1 is 1.30 bits per heavy atom. The van der Waals surface area contributed by atoms with E-state index in [2.05, 4.69) is 50.0 Å². The second kappa shape index (κ2) is 9.08. The zero-order valence-corrected chi connectivity index (χ0v) is 13.6. The van der Waals surface area contributed by atoms with Gasteiger partial charge in [0, 0.05) is 25.1 Å². The number of hydrogen-bond donors (Lipinski definition) is 1. The van der Waals surface area contributed by atoms with Gasteiger partial charge in [0.1, 0.15) is 12.2 Å². The molecule has 0 aliphatic heterocycles. The van der Waals surface area contributed by atoms with Crippen LogP contribution in [0.1, 0.15) is 59.3 Å². The zero-order chi connectivity index (χ0) is 15.0. The maximum absolute atomic E-state index is 5.93. The van der Waals surface area contributed by atoms with Gasteiger partial charge in [-0.25, -0.2) is 9.67 Å². The van der Waals surface area contributed by atoms with E-state index in [-0.39, 0.29) is 6.10 Å². The Bertz CT molecular complexity index is 359. The van der Waals surface area contributed by atoms with Crippen LogP contribution in [-0.2, 0) is 11.2 Å². The molecular formula is C15H30N4O. The molecule has 5 nitrogen and oxygen atoms in total. The molecule has 1 heterocycles. The third-order valence-corrected chi connectivity index (χ3v) is 3.41. The first-order chi connectivity index (χ1) is 9.63. The predicted molar refractivity (Wildman–Crippen MR) is 81.9 cm³/mol. The number of rotatable bonds is 10. The molecular weight excluding hydrogens is 252 g/mol. The third-order valence-electron chi connectivity index (χ3n) is 3.41. The molecule has 0 radical (unpaired) electrons. The summed E-state index contributed by atoms with van der Waals surface area (Å²) in [5, 5.41) is 7.87. The van der Waals surface area contributed by atoms with E-state index >= 15 is 0 Å². The molecule has 1 aromatic rings. The van der Waals surface area contributed by atoms with Gasteiger partial charge in [0.15, 0.2) is 0 Å². The fraction of sp³-hybridized carbons (Fsp3) is 0.867. The van der Waals surface area contributed by atoms with Gasteiger partial charge in [-0.15, -0.1) is 0 Å². The summed E-state index contributed by atoms with van der Waals surface area (Å²) in [5.41, 5.74) is 0. The van der Waals surface area contributed by atoms with Crippen molar-refractivity contribution in [2.45, 2.75) is 72.1 Å². The maximum atomic E-state index is 5.93. The smallest absolute Gasteiger partial charge is 0.138 e. The topological polar surface area (TPSA) is 52.0 Å². The number of nitrogens with one attached hydrogen (secondary N) is 1. The molecule has 2 atom stereocenters. The van der Waals surface area contributed by atoms with Gasteiger partial charge in [-0.2, -0.15) is 5.10 Å².